The van der Waals surface area contributed by atoms with Crippen molar-refractivity contribution in [2.24, 2.45) is 0 Å². The van der Waals surface area contributed by atoms with Crippen molar-refractivity contribution in [3.05, 3.63) is 63.0 Å². The van der Waals surface area contributed by atoms with E-state index in [1.54, 1.807) is 0 Å². The van der Waals surface area contributed by atoms with E-state index in [1.165, 1.54) is 0 Å². The molecule has 0 fully saturated rings. The third-order valence-corrected chi connectivity index (χ3v) is 4.01. The smallest absolute Gasteiger partial charge is 0.200 e. The fraction of sp³-hybridized carbons (Fsp3) is 0.118. The van der Waals surface area contributed by atoms with E-state index in [-0.39, 0.29) is 5.43 Å². The van der Waals surface area contributed by atoms with Gasteiger partial charge in [-0.3, -0.25) is 4.79 Å². The monoisotopic (exact) mass is 282 g/mol. The highest BCUT2D eigenvalue weighted by molar-refractivity contribution is 6.31. The van der Waals surface area contributed by atoms with Gasteiger partial charge in [0.05, 0.1) is 10.9 Å². The second kappa shape index (κ2) is 4.22. The third kappa shape index (κ3) is 1.61. The largest absolute Gasteiger partial charge is 0.460 e. The molecule has 0 saturated heterocycles. The first-order chi connectivity index (χ1) is 9.74. The summed E-state index contributed by atoms with van der Waals surface area (Å²) in [5.74, 6) is 0.784. The lowest BCUT2D eigenvalue weighted by Crippen LogP contribution is -2.11. The Morgan fingerprint density at radius 1 is 1.15 bits per heavy atom. The first-order valence-electron chi connectivity index (χ1n) is 6.58. The Bertz CT molecular complexity index is 935. The Kier molecular flexibility index (Phi) is 2.48. The highest BCUT2D eigenvalue weighted by Gasteiger charge is 2.16. The van der Waals surface area contributed by atoms with Gasteiger partial charge >= 0.3 is 0 Å². The van der Waals surface area contributed by atoms with E-state index in [1.807, 2.05) is 42.5 Å². The molecule has 2 aromatic carbocycles. The topological polar surface area (TPSA) is 30.2 Å². The van der Waals surface area contributed by atoms with E-state index in [0.29, 0.717) is 21.6 Å². The summed E-state index contributed by atoms with van der Waals surface area (Å²) in [6.45, 7) is 0. The molecule has 3 heteroatoms. The van der Waals surface area contributed by atoms with Crippen LogP contribution in [0.3, 0.4) is 0 Å². The lowest BCUT2D eigenvalue weighted by Gasteiger charge is -2.11. The van der Waals surface area contributed by atoms with Gasteiger partial charge in [-0.15, -0.1) is 0 Å². The molecule has 0 aliphatic heterocycles. The average molecular weight is 283 g/mol. The summed E-state index contributed by atoms with van der Waals surface area (Å²) in [7, 11) is 0. The van der Waals surface area contributed by atoms with Crippen LogP contribution >= 0.6 is 11.6 Å². The normalized spacial score (nSPS) is 13.8. The maximum Gasteiger partial charge on any atom is 0.200 e. The van der Waals surface area contributed by atoms with Gasteiger partial charge in [-0.1, -0.05) is 35.9 Å². The van der Waals surface area contributed by atoms with Crippen molar-refractivity contribution in [1.29, 1.82) is 0 Å². The predicted molar refractivity (Wildman–Crippen MR) is 82.4 cm³/mol. The minimum absolute atomic E-state index is 0.0325. The van der Waals surface area contributed by atoms with Crippen LogP contribution in [0.5, 0.6) is 0 Å². The van der Waals surface area contributed by atoms with Crippen LogP contribution in [0.2, 0.25) is 5.02 Å². The third-order valence-electron chi connectivity index (χ3n) is 3.77. The number of rotatable bonds is 0. The van der Waals surface area contributed by atoms with Gasteiger partial charge in [-0.25, -0.2) is 0 Å². The van der Waals surface area contributed by atoms with Crippen molar-refractivity contribution in [2.75, 3.05) is 0 Å². The van der Waals surface area contributed by atoms with Gasteiger partial charge in [0, 0.05) is 11.4 Å². The summed E-state index contributed by atoms with van der Waals surface area (Å²) < 4.78 is 5.92. The minimum atomic E-state index is 0.0325. The average Bonchev–Trinajstić information content (AvgIpc) is 2.47. The molecule has 1 aliphatic rings. The second-order valence-electron chi connectivity index (χ2n) is 5.01. The maximum absolute atomic E-state index is 12.7. The minimum Gasteiger partial charge on any atom is -0.460 e. The zero-order chi connectivity index (χ0) is 13.7. The van der Waals surface area contributed by atoms with E-state index < -0.39 is 0 Å². The number of allylic oxidation sites excluding steroid dienone is 1. The highest BCUT2D eigenvalue weighted by Crippen LogP contribution is 2.28. The van der Waals surface area contributed by atoms with Crippen LogP contribution in [0.4, 0.5) is 0 Å². The molecule has 3 aromatic rings. The molecular formula is C17H11ClO2. The SMILES string of the molecule is O=c1c2c(oc3ccc4ccc(Cl)cc4c13)CCC=C2. The molecule has 0 radical (unpaired) electrons. The lowest BCUT2D eigenvalue weighted by atomic mass is 9.99. The summed E-state index contributed by atoms with van der Waals surface area (Å²) in [5.41, 5.74) is 1.35. The molecule has 2 nitrogen and oxygen atoms in total. The summed E-state index contributed by atoms with van der Waals surface area (Å²) in [4.78, 5) is 12.7. The number of hydrogen-bond acceptors (Lipinski definition) is 2. The fourth-order valence-corrected chi connectivity index (χ4v) is 2.98. The van der Waals surface area contributed by atoms with Crippen molar-refractivity contribution in [1.82, 2.24) is 0 Å². The Labute approximate surface area is 120 Å². The Balaban J connectivity index is 2.25. The number of fused-ring (bicyclic) bond motifs is 4. The molecule has 1 aromatic heterocycles. The van der Waals surface area contributed by atoms with Gasteiger partial charge in [0.25, 0.3) is 0 Å². The molecule has 0 unspecified atom stereocenters. The van der Waals surface area contributed by atoms with Crippen molar-refractivity contribution < 1.29 is 4.42 Å². The molecule has 0 atom stereocenters. The fourth-order valence-electron chi connectivity index (χ4n) is 2.81. The highest BCUT2D eigenvalue weighted by atomic mass is 35.5. The van der Waals surface area contributed by atoms with Crippen LogP contribution in [0.25, 0.3) is 27.8 Å². The lowest BCUT2D eigenvalue weighted by molar-refractivity contribution is 0.532. The first-order valence-corrected chi connectivity index (χ1v) is 6.96. The molecule has 4 rings (SSSR count). The number of aryl methyl sites for hydroxylation is 1. The molecule has 0 saturated carbocycles. The summed E-state index contributed by atoms with van der Waals surface area (Å²) >= 11 is 6.07. The molecule has 0 bridgehead atoms. The molecular weight excluding hydrogens is 272 g/mol. The Morgan fingerprint density at radius 2 is 2.00 bits per heavy atom. The standard InChI is InChI=1S/C17H11ClO2/c18-11-7-5-10-6-8-15-16(13(10)9-11)17(19)12-3-1-2-4-14(12)20-15/h1,3,5-9H,2,4H2. The number of benzene rings is 2. The number of halogens is 1. The Morgan fingerprint density at radius 3 is 2.90 bits per heavy atom. The summed E-state index contributed by atoms with van der Waals surface area (Å²) in [5, 5.41) is 3.09. The van der Waals surface area contributed by atoms with E-state index in [9.17, 15) is 4.79 Å². The summed E-state index contributed by atoms with van der Waals surface area (Å²) in [6.07, 6.45) is 5.59. The van der Waals surface area contributed by atoms with Gasteiger partial charge in [0.2, 0.25) is 5.43 Å². The van der Waals surface area contributed by atoms with Crippen LogP contribution in [-0.2, 0) is 6.42 Å². The predicted octanol–water partition coefficient (Wildman–Crippen LogP) is 4.56. The molecule has 0 N–H and O–H groups in total. The van der Waals surface area contributed by atoms with Gasteiger partial charge in [0.1, 0.15) is 11.3 Å². The van der Waals surface area contributed by atoms with Crippen LogP contribution in [-0.4, -0.2) is 0 Å². The Hall–Kier alpha value is -2.06. The van der Waals surface area contributed by atoms with Crippen molar-refractivity contribution in [2.45, 2.75) is 12.8 Å². The summed E-state index contributed by atoms with van der Waals surface area (Å²) in [6, 6.07) is 9.41. The van der Waals surface area contributed by atoms with Crippen LogP contribution in [0.15, 0.2) is 45.6 Å². The van der Waals surface area contributed by atoms with Gasteiger partial charge in [-0.2, -0.15) is 0 Å². The zero-order valence-electron chi connectivity index (χ0n) is 10.7. The molecule has 0 spiro atoms. The van der Waals surface area contributed by atoms with Crippen LogP contribution in [0.1, 0.15) is 17.7 Å². The molecule has 1 aliphatic carbocycles. The first kappa shape index (κ1) is 11.7. The van der Waals surface area contributed by atoms with Gasteiger partial charge in [-0.05, 0) is 35.4 Å². The van der Waals surface area contributed by atoms with Crippen LogP contribution in [0, 0.1) is 0 Å². The van der Waals surface area contributed by atoms with Gasteiger partial charge < -0.3 is 4.42 Å². The molecule has 1 heterocycles. The van der Waals surface area contributed by atoms with E-state index >= 15 is 0 Å². The van der Waals surface area contributed by atoms with Crippen molar-refractivity contribution in [3.63, 3.8) is 0 Å². The number of hydrogen-bond donors (Lipinski definition) is 0. The quantitative estimate of drug-likeness (QED) is 0.566. The van der Waals surface area contributed by atoms with E-state index in [4.69, 9.17) is 16.0 Å². The maximum atomic E-state index is 12.7. The zero-order valence-corrected chi connectivity index (χ0v) is 11.4. The van der Waals surface area contributed by atoms with Crippen molar-refractivity contribution in [3.8, 4) is 0 Å². The van der Waals surface area contributed by atoms with Gasteiger partial charge in [0.15, 0.2) is 0 Å². The molecule has 98 valence electrons. The van der Waals surface area contributed by atoms with Crippen molar-refractivity contribution >= 4 is 39.4 Å². The van der Waals surface area contributed by atoms with E-state index in [0.717, 1.165) is 29.4 Å². The van der Waals surface area contributed by atoms with E-state index in [2.05, 4.69) is 0 Å². The molecule has 0 amide bonds. The van der Waals surface area contributed by atoms with Crippen LogP contribution < -0.4 is 5.43 Å². The second-order valence-corrected chi connectivity index (χ2v) is 5.45. The molecule has 20 heavy (non-hydrogen) atoms.